The first-order valence-corrected chi connectivity index (χ1v) is 8.15. The average molecular weight is 390 g/mol. The molecule has 0 spiro atoms. The van der Waals surface area contributed by atoms with Gasteiger partial charge in [-0.1, -0.05) is 6.07 Å². The van der Waals surface area contributed by atoms with Crippen LogP contribution in [0.15, 0.2) is 27.1 Å². The van der Waals surface area contributed by atoms with Crippen molar-refractivity contribution in [1.29, 1.82) is 0 Å². The number of carbonyl (C=O) groups is 1. The molecular weight excluding hydrogens is 372 g/mol. The summed E-state index contributed by atoms with van der Waals surface area (Å²) >= 11 is 6.92. The highest BCUT2D eigenvalue weighted by Crippen LogP contribution is 2.33. The van der Waals surface area contributed by atoms with Crippen molar-refractivity contribution in [2.75, 3.05) is 11.9 Å². The Morgan fingerprint density at radius 1 is 1.21 bits per heavy atom. The van der Waals surface area contributed by atoms with Crippen LogP contribution in [0.3, 0.4) is 0 Å². The number of nitrogens with two attached hydrogens (primary N) is 1. The minimum atomic E-state index is 0.113. The molecular formula is C14H18Br2N2O. The molecule has 19 heavy (non-hydrogen) atoms. The maximum Gasteiger partial charge on any atom is 0.227 e. The summed E-state index contributed by atoms with van der Waals surface area (Å²) in [5.74, 6) is 0.823. The smallest absolute Gasteiger partial charge is 0.227 e. The molecule has 5 heteroatoms. The number of halogens is 2. The molecule has 1 fully saturated rings. The molecule has 1 aliphatic rings. The van der Waals surface area contributed by atoms with Crippen molar-refractivity contribution in [3.05, 3.63) is 27.1 Å². The summed E-state index contributed by atoms with van der Waals surface area (Å²) < 4.78 is 1.79. The van der Waals surface area contributed by atoms with Gasteiger partial charge in [0.25, 0.3) is 0 Å². The molecule has 0 saturated heterocycles. The quantitative estimate of drug-likeness (QED) is 0.823. The molecule has 3 N–H and O–H groups in total. The lowest BCUT2D eigenvalue weighted by Crippen LogP contribution is -2.29. The number of anilines is 1. The van der Waals surface area contributed by atoms with E-state index in [-0.39, 0.29) is 11.8 Å². The Morgan fingerprint density at radius 3 is 2.32 bits per heavy atom. The first-order valence-electron chi connectivity index (χ1n) is 6.56. The minimum absolute atomic E-state index is 0.113. The van der Waals surface area contributed by atoms with Gasteiger partial charge in [-0.15, -0.1) is 0 Å². The number of para-hydroxylation sites is 1. The van der Waals surface area contributed by atoms with Crippen LogP contribution in [0.5, 0.6) is 0 Å². The third-order valence-corrected chi connectivity index (χ3v) is 5.08. The Kier molecular flexibility index (Phi) is 5.42. The van der Waals surface area contributed by atoms with Crippen molar-refractivity contribution in [3.8, 4) is 0 Å². The molecule has 1 saturated carbocycles. The van der Waals surface area contributed by atoms with Crippen molar-refractivity contribution < 1.29 is 4.79 Å². The van der Waals surface area contributed by atoms with Gasteiger partial charge in [-0.05, 0) is 82.1 Å². The SMILES string of the molecule is NCC1CCC(C(=O)Nc2c(Br)cccc2Br)CC1. The van der Waals surface area contributed by atoms with Crippen LogP contribution in [0, 0.1) is 11.8 Å². The Hall–Kier alpha value is -0.390. The molecule has 1 aliphatic carbocycles. The fraction of sp³-hybridized carbons (Fsp3) is 0.500. The van der Waals surface area contributed by atoms with Crippen LogP contribution in [-0.4, -0.2) is 12.5 Å². The van der Waals surface area contributed by atoms with Crippen molar-refractivity contribution in [2.24, 2.45) is 17.6 Å². The molecule has 1 amide bonds. The molecule has 2 rings (SSSR count). The standard InChI is InChI=1S/C14H18Br2N2O/c15-11-2-1-3-12(16)13(11)18-14(19)10-6-4-9(8-17)5-7-10/h1-3,9-10H,4-8,17H2,(H,18,19). The second-order valence-electron chi connectivity index (χ2n) is 5.04. The third kappa shape index (κ3) is 3.80. The average Bonchev–Trinajstić information content (AvgIpc) is 2.43. The molecule has 1 aromatic carbocycles. The van der Waals surface area contributed by atoms with Crippen LogP contribution in [0.4, 0.5) is 5.69 Å². The zero-order valence-corrected chi connectivity index (χ0v) is 13.8. The van der Waals surface area contributed by atoms with E-state index < -0.39 is 0 Å². The maximum absolute atomic E-state index is 12.3. The Morgan fingerprint density at radius 2 is 1.79 bits per heavy atom. The third-order valence-electron chi connectivity index (χ3n) is 3.76. The van der Waals surface area contributed by atoms with E-state index in [1.807, 2.05) is 18.2 Å². The maximum atomic E-state index is 12.3. The van der Waals surface area contributed by atoms with E-state index in [9.17, 15) is 4.79 Å². The fourth-order valence-electron chi connectivity index (χ4n) is 2.50. The number of rotatable bonds is 3. The largest absolute Gasteiger partial charge is 0.330 e. The number of nitrogens with one attached hydrogen (secondary N) is 1. The van der Waals surface area contributed by atoms with Crippen LogP contribution in [0.25, 0.3) is 0 Å². The Labute approximate surface area is 130 Å². The van der Waals surface area contributed by atoms with E-state index in [2.05, 4.69) is 37.2 Å². The summed E-state index contributed by atoms with van der Waals surface area (Å²) in [7, 11) is 0. The highest BCUT2D eigenvalue weighted by atomic mass is 79.9. The topological polar surface area (TPSA) is 55.1 Å². The molecule has 0 bridgehead atoms. The van der Waals surface area contributed by atoms with Crippen LogP contribution in [0.1, 0.15) is 25.7 Å². The number of hydrogen-bond donors (Lipinski definition) is 2. The predicted molar refractivity (Wildman–Crippen MR) is 85.0 cm³/mol. The lowest BCUT2D eigenvalue weighted by molar-refractivity contribution is -0.121. The van der Waals surface area contributed by atoms with Crippen LogP contribution in [-0.2, 0) is 4.79 Å². The van der Waals surface area contributed by atoms with Crippen LogP contribution < -0.4 is 11.1 Å². The van der Waals surface area contributed by atoms with Gasteiger partial charge < -0.3 is 11.1 Å². The molecule has 0 radical (unpaired) electrons. The van der Waals surface area contributed by atoms with Crippen molar-refractivity contribution in [1.82, 2.24) is 0 Å². The van der Waals surface area contributed by atoms with Gasteiger partial charge in [0, 0.05) is 14.9 Å². The van der Waals surface area contributed by atoms with E-state index in [0.717, 1.165) is 46.9 Å². The molecule has 3 nitrogen and oxygen atoms in total. The van der Waals surface area contributed by atoms with Gasteiger partial charge in [0.15, 0.2) is 0 Å². The van der Waals surface area contributed by atoms with Crippen LogP contribution in [0.2, 0.25) is 0 Å². The summed E-state index contributed by atoms with van der Waals surface area (Å²) in [5.41, 5.74) is 6.49. The minimum Gasteiger partial charge on any atom is -0.330 e. The number of amides is 1. The molecule has 0 aliphatic heterocycles. The first-order chi connectivity index (χ1) is 9.11. The van der Waals surface area contributed by atoms with Crippen molar-refractivity contribution in [2.45, 2.75) is 25.7 Å². The summed E-state index contributed by atoms with van der Waals surface area (Å²) in [6.45, 7) is 0.740. The summed E-state index contributed by atoms with van der Waals surface area (Å²) in [6.07, 6.45) is 4.00. The normalized spacial score (nSPS) is 23.1. The molecule has 0 atom stereocenters. The van der Waals surface area contributed by atoms with Gasteiger partial charge in [0.2, 0.25) is 5.91 Å². The van der Waals surface area contributed by atoms with Gasteiger partial charge in [-0.25, -0.2) is 0 Å². The summed E-state index contributed by atoms with van der Waals surface area (Å²) in [5, 5.41) is 3.02. The fourth-order valence-corrected chi connectivity index (χ4v) is 3.70. The van der Waals surface area contributed by atoms with Crippen molar-refractivity contribution in [3.63, 3.8) is 0 Å². The van der Waals surface area contributed by atoms with E-state index in [1.54, 1.807) is 0 Å². The lowest BCUT2D eigenvalue weighted by atomic mass is 9.81. The highest BCUT2D eigenvalue weighted by molar-refractivity contribution is 9.11. The monoisotopic (exact) mass is 388 g/mol. The number of benzene rings is 1. The Balaban J connectivity index is 1.98. The Bertz CT molecular complexity index is 437. The molecule has 0 aromatic heterocycles. The second-order valence-corrected chi connectivity index (χ2v) is 6.75. The van der Waals surface area contributed by atoms with E-state index in [0.29, 0.717) is 5.92 Å². The second kappa shape index (κ2) is 6.86. The summed E-state index contributed by atoms with van der Waals surface area (Å²) in [4.78, 5) is 12.3. The van der Waals surface area contributed by atoms with Gasteiger partial charge >= 0.3 is 0 Å². The summed E-state index contributed by atoms with van der Waals surface area (Å²) in [6, 6.07) is 5.77. The number of carbonyl (C=O) groups excluding carboxylic acids is 1. The van der Waals surface area contributed by atoms with E-state index in [4.69, 9.17) is 5.73 Å². The first kappa shape index (κ1) is 15.0. The van der Waals surface area contributed by atoms with E-state index >= 15 is 0 Å². The lowest BCUT2D eigenvalue weighted by Gasteiger charge is -2.27. The van der Waals surface area contributed by atoms with Gasteiger partial charge in [-0.2, -0.15) is 0 Å². The predicted octanol–water partition coefficient (Wildman–Crippen LogP) is 3.92. The van der Waals surface area contributed by atoms with Crippen molar-refractivity contribution >= 4 is 43.5 Å². The van der Waals surface area contributed by atoms with Gasteiger partial charge in [-0.3, -0.25) is 4.79 Å². The molecule has 104 valence electrons. The zero-order valence-electron chi connectivity index (χ0n) is 10.7. The highest BCUT2D eigenvalue weighted by Gasteiger charge is 2.26. The number of hydrogen-bond acceptors (Lipinski definition) is 2. The molecule has 0 heterocycles. The van der Waals surface area contributed by atoms with Gasteiger partial charge in [0.1, 0.15) is 0 Å². The van der Waals surface area contributed by atoms with E-state index in [1.165, 1.54) is 0 Å². The zero-order chi connectivity index (χ0) is 13.8. The molecule has 1 aromatic rings. The van der Waals surface area contributed by atoms with Crippen LogP contribution >= 0.6 is 31.9 Å². The molecule has 0 unspecified atom stereocenters. The van der Waals surface area contributed by atoms with Gasteiger partial charge in [0.05, 0.1) is 5.69 Å².